The van der Waals surface area contributed by atoms with E-state index in [4.69, 9.17) is 0 Å². The summed E-state index contributed by atoms with van der Waals surface area (Å²) in [7, 11) is 0. The molecule has 0 fully saturated rings. The molecule has 0 atom stereocenters. The van der Waals surface area contributed by atoms with Gasteiger partial charge in [-0.25, -0.2) is 4.39 Å². The third-order valence-corrected chi connectivity index (χ3v) is 2.38. The van der Waals surface area contributed by atoms with Gasteiger partial charge in [0.15, 0.2) is 0 Å². The molecule has 1 N–H and O–H groups in total. The molecule has 0 aliphatic carbocycles. The van der Waals surface area contributed by atoms with Crippen LogP contribution in [0.4, 0.5) is 4.39 Å². The molecule has 0 bridgehead atoms. The van der Waals surface area contributed by atoms with Gasteiger partial charge < -0.3 is 5.11 Å². The third-order valence-electron chi connectivity index (χ3n) is 2.38. The van der Waals surface area contributed by atoms with Gasteiger partial charge in [0.25, 0.3) is 0 Å². The molecule has 0 radical (unpaired) electrons. The predicted molar refractivity (Wildman–Crippen MR) is 63.4 cm³/mol. The molecule has 1 aromatic carbocycles. The first-order valence-corrected chi connectivity index (χ1v) is 4.95. The second kappa shape index (κ2) is 6.35. The zero-order valence-electron chi connectivity index (χ0n) is 9.13. The Kier molecular flexibility index (Phi) is 6.60. The van der Waals surface area contributed by atoms with E-state index in [2.05, 4.69) is 0 Å². The number of phenols is 1. The van der Waals surface area contributed by atoms with Gasteiger partial charge in [0.1, 0.15) is 11.6 Å². The maximum atomic E-state index is 13.2. The van der Waals surface area contributed by atoms with Crippen LogP contribution in [0.3, 0.4) is 0 Å². The Balaban J connectivity index is 0.00000196. The first-order chi connectivity index (χ1) is 6.43. The molecule has 0 saturated heterocycles. The van der Waals surface area contributed by atoms with Crippen molar-refractivity contribution in [2.45, 2.75) is 39.5 Å². The Hall–Kier alpha value is 0.586. The molecular formula is C12H18FKO. The molecule has 0 saturated carbocycles. The molecule has 1 nitrogen and oxygen atoms in total. The fourth-order valence-electron chi connectivity index (χ4n) is 1.52. The van der Waals surface area contributed by atoms with Crippen molar-refractivity contribution in [3.05, 3.63) is 29.1 Å². The number of aromatic hydroxyl groups is 1. The molecule has 0 aromatic heterocycles. The molecule has 0 unspecified atom stereocenters. The molecule has 0 amide bonds. The van der Waals surface area contributed by atoms with Crippen LogP contribution >= 0.6 is 0 Å². The van der Waals surface area contributed by atoms with Gasteiger partial charge in [-0.1, -0.05) is 27.7 Å². The number of rotatable bonds is 2. The van der Waals surface area contributed by atoms with Crippen LogP contribution in [0.1, 0.15) is 50.7 Å². The van der Waals surface area contributed by atoms with E-state index >= 15 is 0 Å². The third kappa shape index (κ3) is 3.82. The summed E-state index contributed by atoms with van der Waals surface area (Å²) in [4.78, 5) is 0. The quantitative estimate of drug-likeness (QED) is 0.782. The Labute approximate surface area is 134 Å². The van der Waals surface area contributed by atoms with E-state index in [-0.39, 0.29) is 74.8 Å². The van der Waals surface area contributed by atoms with E-state index in [1.54, 1.807) is 0 Å². The monoisotopic (exact) mass is 236 g/mol. The minimum atomic E-state index is -0.268. The number of hydrogen-bond acceptors (Lipinski definition) is 1. The number of benzene rings is 1. The number of phenolic OH excluding ortho intramolecular Hbond substituents is 1. The summed E-state index contributed by atoms with van der Waals surface area (Å²) in [6, 6.07) is 2.82. The van der Waals surface area contributed by atoms with Gasteiger partial charge in [0.05, 0.1) is 0 Å². The summed E-state index contributed by atoms with van der Waals surface area (Å²) in [5.41, 5.74) is 1.38. The standard InChI is InChI=1S/C12H17FO.K.H/c1-7(2)10-5-9(13)6-11(8(3)4)12(10)14;;/h5-8,14H,1-4H3;;. The van der Waals surface area contributed by atoms with E-state index in [0.29, 0.717) is 11.1 Å². The Morgan fingerprint density at radius 2 is 1.33 bits per heavy atom. The Morgan fingerprint density at radius 1 is 1.00 bits per heavy atom. The van der Waals surface area contributed by atoms with Gasteiger partial charge in [-0.3, -0.25) is 0 Å². The Bertz CT molecular complexity index is 305. The molecule has 0 heterocycles. The predicted octanol–water partition coefficient (Wildman–Crippen LogP) is 3.13. The van der Waals surface area contributed by atoms with Crippen LogP contribution in [0, 0.1) is 5.82 Å². The molecule has 0 spiro atoms. The van der Waals surface area contributed by atoms with Crippen LogP contribution in [-0.4, -0.2) is 56.5 Å². The van der Waals surface area contributed by atoms with Crippen molar-refractivity contribution in [2.75, 3.05) is 0 Å². The molecule has 1 rings (SSSR count). The topological polar surface area (TPSA) is 20.2 Å². The SMILES string of the molecule is CC(C)c1cc(F)cc(C(C)C)c1O.[KH]. The summed E-state index contributed by atoms with van der Waals surface area (Å²) in [5.74, 6) is 0.262. The van der Waals surface area contributed by atoms with Crippen molar-refractivity contribution in [2.24, 2.45) is 0 Å². The summed E-state index contributed by atoms with van der Waals surface area (Å²) in [6.45, 7) is 7.77. The molecular weight excluding hydrogens is 218 g/mol. The average molecular weight is 236 g/mol. The summed E-state index contributed by atoms with van der Waals surface area (Å²) in [6.07, 6.45) is 0. The number of hydrogen-bond donors (Lipinski definition) is 1. The molecule has 1 aromatic rings. The van der Waals surface area contributed by atoms with Crippen LogP contribution in [0.25, 0.3) is 0 Å². The van der Waals surface area contributed by atoms with E-state index in [9.17, 15) is 9.50 Å². The first-order valence-electron chi connectivity index (χ1n) is 4.95. The molecule has 3 heteroatoms. The zero-order valence-corrected chi connectivity index (χ0v) is 9.13. The van der Waals surface area contributed by atoms with Crippen LogP contribution in [0.2, 0.25) is 0 Å². The summed E-state index contributed by atoms with van der Waals surface area (Å²) in [5, 5.41) is 9.89. The fourth-order valence-corrected chi connectivity index (χ4v) is 1.52. The van der Waals surface area contributed by atoms with E-state index in [1.165, 1.54) is 12.1 Å². The summed E-state index contributed by atoms with van der Waals surface area (Å²) < 4.78 is 13.2. The van der Waals surface area contributed by atoms with E-state index in [1.807, 2.05) is 27.7 Å². The van der Waals surface area contributed by atoms with Crippen LogP contribution in [-0.2, 0) is 0 Å². The van der Waals surface area contributed by atoms with Crippen molar-refractivity contribution in [1.29, 1.82) is 0 Å². The van der Waals surface area contributed by atoms with Gasteiger partial charge in [0, 0.05) is 0 Å². The molecule has 15 heavy (non-hydrogen) atoms. The molecule has 80 valence electrons. The van der Waals surface area contributed by atoms with Crippen LogP contribution in [0.5, 0.6) is 5.75 Å². The van der Waals surface area contributed by atoms with Gasteiger partial charge in [-0.2, -0.15) is 0 Å². The second-order valence-corrected chi connectivity index (χ2v) is 4.24. The van der Waals surface area contributed by atoms with Gasteiger partial charge >= 0.3 is 51.4 Å². The summed E-state index contributed by atoms with van der Waals surface area (Å²) >= 11 is 0. The van der Waals surface area contributed by atoms with Gasteiger partial charge in [-0.05, 0) is 35.1 Å². The van der Waals surface area contributed by atoms with Crippen LogP contribution < -0.4 is 0 Å². The van der Waals surface area contributed by atoms with Gasteiger partial charge in [-0.15, -0.1) is 0 Å². The maximum absolute atomic E-state index is 13.2. The average Bonchev–Trinajstić information content (AvgIpc) is 2.07. The normalized spacial score (nSPS) is 10.6. The zero-order chi connectivity index (χ0) is 10.9. The molecule has 0 aliphatic rings. The fraction of sp³-hybridized carbons (Fsp3) is 0.500. The Morgan fingerprint density at radius 3 is 1.60 bits per heavy atom. The van der Waals surface area contributed by atoms with E-state index in [0.717, 1.165) is 0 Å². The molecule has 0 aliphatic heterocycles. The number of halogens is 1. The first kappa shape index (κ1) is 15.6. The van der Waals surface area contributed by atoms with Gasteiger partial charge in [0.2, 0.25) is 0 Å². The van der Waals surface area contributed by atoms with Crippen molar-refractivity contribution in [3.8, 4) is 5.75 Å². The second-order valence-electron chi connectivity index (χ2n) is 4.24. The minimum absolute atomic E-state index is 0. The van der Waals surface area contributed by atoms with Crippen molar-refractivity contribution < 1.29 is 9.50 Å². The van der Waals surface area contributed by atoms with E-state index < -0.39 is 0 Å². The van der Waals surface area contributed by atoms with Crippen LogP contribution in [0.15, 0.2) is 12.1 Å². The van der Waals surface area contributed by atoms with Crippen molar-refractivity contribution in [3.63, 3.8) is 0 Å². The van der Waals surface area contributed by atoms with Crippen molar-refractivity contribution in [1.82, 2.24) is 0 Å². The van der Waals surface area contributed by atoms with Crippen molar-refractivity contribution >= 4 is 51.4 Å².